The minimum Gasteiger partial charge on any atom is -0.0654 e. The summed E-state index contributed by atoms with van der Waals surface area (Å²) >= 11 is 0. The maximum atomic E-state index is 2.47. The van der Waals surface area contributed by atoms with Gasteiger partial charge in [-0.15, -0.1) is 0 Å². The van der Waals surface area contributed by atoms with Gasteiger partial charge in [-0.2, -0.15) is 0 Å². The smallest absolute Gasteiger partial charge is 0.0654 e. The molecule has 0 unspecified atom stereocenters. The van der Waals surface area contributed by atoms with Crippen LogP contribution in [-0.4, -0.2) is 11.5 Å². The molecule has 1 saturated heterocycles. The summed E-state index contributed by atoms with van der Waals surface area (Å²) in [5.41, 5.74) is 1.58. The molecule has 2 aromatic carbocycles. The van der Waals surface area contributed by atoms with Gasteiger partial charge in [-0.25, -0.2) is 0 Å². The number of rotatable bonds is 12. The number of hydrogen-bond acceptors (Lipinski definition) is 0. The SMILES string of the molecule is CCCCCCCCCCCCc1ccc([S+]2CCCC2)c2ccccc12. The van der Waals surface area contributed by atoms with Crippen molar-refractivity contribution in [2.75, 3.05) is 11.5 Å². The summed E-state index contributed by atoms with van der Waals surface area (Å²) in [6, 6.07) is 14.1. The first-order valence-corrected chi connectivity index (χ1v) is 13.1. The zero-order valence-corrected chi connectivity index (χ0v) is 18.3. The third-order valence-electron chi connectivity index (χ3n) is 6.12. The minimum atomic E-state index is 0.512. The summed E-state index contributed by atoms with van der Waals surface area (Å²) in [4.78, 5) is 1.65. The minimum absolute atomic E-state index is 0.512. The lowest BCUT2D eigenvalue weighted by Gasteiger charge is -2.10. The van der Waals surface area contributed by atoms with E-state index in [1.165, 1.54) is 100 Å². The number of unbranched alkanes of at least 4 members (excludes halogenated alkanes) is 9. The van der Waals surface area contributed by atoms with Gasteiger partial charge in [0, 0.05) is 16.3 Å². The van der Waals surface area contributed by atoms with Crippen LogP contribution in [0.1, 0.15) is 89.5 Å². The van der Waals surface area contributed by atoms with E-state index in [-0.39, 0.29) is 0 Å². The molecule has 1 heterocycles. The van der Waals surface area contributed by atoms with Crippen LogP contribution in [0.3, 0.4) is 0 Å². The molecule has 0 spiro atoms. The number of benzene rings is 2. The Morgan fingerprint density at radius 3 is 1.93 bits per heavy atom. The summed E-state index contributed by atoms with van der Waals surface area (Å²) < 4.78 is 0. The lowest BCUT2D eigenvalue weighted by molar-refractivity contribution is 0.556. The van der Waals surface area contributed by atoms with Crippen LogP contribution in [-0.2, 0) is 17.3 Å². The molecule has 1 fully saturated rings. The molecule has 27 heavy (non-hydrogen) atoms. The van der Waals surface area contributed by atoms with E-state index in [1.54, 1.807) is 15.8 Å². The van der Waals surface area contributed by atoms with Crippen molar-refractivity contribution in [3.05, 3.63) is 42.0 Å². The van der Waals surface area contributed by atoms with Gasteiger partial charge in [0.15, 0.2) is 4.90 Å². The number of fused-ring (bicyclic) bond motifs is 1. The quantitative estimate of drug-likeness (QED) is 0.257. The predicted octanol–water partition coefficient (Wildman–Crippen LogP) is 8.07. The molecular formula is C26H39S+. The van der Waals surface area contributed by atoms with Gasteiger partial charge in [-0.05, 0) is 48.8 Å². The van der Waals surface area contributed by atoms with Crippen LogP contribution in [0, 0.1) is 0 Å². The van der Waals surface area contributed by atoms with Crippen LogP contribution in [0.5, 0.6) is 0 Å². The number of hydrogen-bond donors (Lipinski definition) is 0. The van der Waals surface area contributed by atoms with E-state index < -0.39 is 0 Å². The summed E-state index contributed by atoms with van der Waals surface area (Å²) in [5, 5.41) is 3.08. The maximum absolute atomic E-state index is 2.47. The maximum Gasteiger partial charge on any atom is 0.162 e. The van der Waals surface area contributed by atoms with E-state index in [0.717, 1.165) is 0 Å². The van der Waals surface area contributed by atoms with Crippen LogP contribution in [0.4, 0.5) is 0 Å². The van der Waals surface area contributed by atoms with Crippen molar-refractivity contribution in [1.29, 1.82) is 0 Å². The van der Waals surface area contributed by atoms with Gasteiger partial charge >= 0.3 is 0 Å². The van der Waals surface area contributed by atoms with E-state index in [2.05, 4.69) is 43.3 Å². The summed E-state index contributed by atoms with van der Waals surface area (Å²) in [5.74, 6) is 2.84. The van der Waals surface area contributed by atoms with E-state index in [9.17, 15) is 0 Å². The average molecular weight is 384 g/mol. The van der Waals surface area contributed by atoms with Crippen LogP contribution < -0.4 is 0 Å². The van der Waals surface area contributed by atoms with Gasteiger partial charge in [0.05, 0.1) is 0 Å². The van der Waals surface area contributed by atoms with Gasteiger partial charge in [0.1, 0.15) is 11.5 Å². The predicted molar refractivity (Wildman–Crippen MR) is 124 cm³/mol. The van der Waals surface area contributed by atoms with Crippen LogP contribution >= 0.6 is 0 Å². The first-order chi connectivity index (χ1) is 13.4. The Balaban J connectivity index is 1.45. The van der Waals surface area contributed by atoms with Crippen molar-refractivity contribution < 1.29 is 0 Å². The molecule has 0 radical (unpaired) electrons. The van der Waals surface area contributed by atoms with Gasteiger partial charge in [0.25, 0.3) is 0 Å². The Bertz CT molecular complexity index is 669. The molecule has 0 atom stereocenters. The molecule has 1 aliphatic rings. The van der Waals surface area contributed by atoms with Crippen molar-refractivity contribution in [2.45, 2.75) is 95.3 Å². The average Bonchev–Trinajstić information content (AvgIpc) is 3.24. The molecule has 0 N–H and O–H groups in total. The highest BCUT2D eigenvalue weighted by Gasteiger charge is 2.28. The third kappa shape index (κ3) is 6.28. The highest BCUT2D eigenvalue weighted by molar-refractivity contribution is 7.97. The lowest BCUT2D eigenvalue weighted by Crippen LogP contribution is -2.05. The largest absolute Gasteiger partial charge is 0.162 e. The van der Waals surface area contributed by atoms with Crippen LogP contribution in [0.2, 0.25) is 0 Å². The highest BCUT2D eigenvalue weighted by atomic mass is 32.2. The molecular weight excluding hydrogens is 344 g/mol. The van der Waals surface area contributed by atoms with Crippen LogP contribution in [0.25, 0.3) is 10.8 Å². The van der Waals surface area contributed by atoms with Gasteiger partial charge in [-0.1, -0.05) is 89.0 Å². The second-order valence-electron chi connectivity index (χ2n) is 8.31. The summed E-state index contributed by atoms with van der Waals surface area (Å²) in [6.45, 7) is 2.30. The second kappa shape index (κ2) is 11.8. The molecule has 0 aromatic heterocycles. The molecule has 0 aliphatic carbocycles. The molecule has 2 aromatic rings. The van der Waals surface area contributed by atoms with Crippen molar-refractivity contribution in [3.8, 4) is 0 Å². The van der Waals surface area contributed by atoms with E-state index in [4.69, 9.17) is 0 Å². The van der Waals surface area contributed by atoms with Crippen molar-refractivity contribution in [3.63, 3.8) is 0 Å². The Labute approximate surface area is 170 Å². The zero-order valence-electron chi connectivity index (χ0n) is 17.5. The standard InChI is InChI=1S/C26H39S/c1-2-3-4-5-6-7-8-9-10-11-16-23-19-20-26(27-21-14-15-22-27)25-18-13-12-17-24(23)25/h12-13,17-20H,2-11,14-16,21-22H2,1H3/q+1. The molecule has 0 amide bonds. The Hall–Kier alpha value is -0.950. The third-order valence-corrected chi connectivity index (χ3v) is 8.66. The van der Waals surface area contributed by atoms with Crippen LogP contribution in [0.15, 0.2) is 41.3 Å². The molecule has 1 aliphatic heterocycles. The van der Waals surface area contributed by atoms with E-state index in [0.29, 0.717) is 10.9 Å². The molecule has 0 saturated carbocycles. The first-order valence-electron chi connectivity index (χ1n) is 11.6. The monoisotopic (exact) mass is 383 g/mol. The molecule has 0 nitrogen and oxygen atoms in total. The normalized spacial score (nSPS) is 15.0. The van der Waals surface area contributed by atoms with Crippen molar-refractivity contribution in [2.24, 2.45) is 0 Å². The first kappa shape index (κ1) is 20.8. The van der Waals surface area contributed by atoms with E-state index in [1.807, 2.05) is 0 Å². The zero-order chi connectivity index (χ0) is 18.7. The summed E-state index contributed by atoms with van der Waals surface area (Å²) in [6.07, 6.45) is 18.3. The Kier molecular flexibility index (Phi) is 9.08. The fraction of sp³-hybridized carbons (Fsp3) is 0.615. The fourth-order valence-electron chi connectivity index (χ4n) is 4.48. The lowest BCUT2D eigenvalue weighted by atomic mass is 9.99. The summed E-state index contributed by atoms with van der Waals surface area (Å²) in [7, 11) is 0.512. The van der Waals surface area contributed by atoms with Gasteiger partial charge in [-0.3, -0.25) is 0 Å². The molecule has 0 bridgehead atoms. The molecule has 1 heteroatoms. The topological polar surface area (TPSA) is 0 Å². The fourth-order valence-corrected chi connectivity index (χ4v) is 6.98. The molecule has 148 valence electrons. The van der Waals surface area contributed by atoms with Gasteiger partial charge < -0.3 is 0 Å². The Morgan fingerprint density at radius 2 is 1.26 bits per heavy atom. The van der Waals surface area contributed by atoms with E-state index >= 15 is 0 Å². The van der Waals surface area contributed by atoms with Crippen molar-refractivity contribution >= 4 is 21.7 Å². The van der Waals surface area contributed by atoms with Crippen molar-refractivity contribution in [1.82, 2.24) is 0 Å². The highest BCUT2D eigenvalue weighted by Crippen LogP contribution is 2.32. The van der Waals surface area contributed by atoms with Gasteiger partial charge in [0.2, 0.25) is 0 Å². The second-order valence-corrected chi connectivity index (χ2v) is 10.6. The Morgan fingerprint density at radius 1 is 0.667 bits per heavy atom. The number of aryl methyl sites for hydroxylation is 1. The molecule has 3 rings (SSSR count).